The fourth-order valence-electron chi connectivity index (χ4n) is 3.09. The Morgan fingerprint density at radius 3 is 1.88 bits per heavy atom. The number of thioether (sulfide) groups is 1. The molecule has 196 valence electrons. The number of nitrogens with two attached hydrogens (primary N) is 3. The highest BCUT2D eigenvalue weighted by molar-refractivity contribution is 7.98. The Hall–Kier alpha value is -2.38. The van der Waals surface area contributed by atoms with E-state index in [2.05, 4.69) is 16.0 Å². The molecule has 0 heterocycles. The number of primary amides is 1. The van der Waals surface area contributed by atoms with Gasteiger partial charge in [-0.15, -0.1) is 0 Å². The molecule has 4 atom stereocenters. The van der Waals surface area contributed by atoms with Gasteiger partial charge in [0.2, 0.25) is 23.6 Å². The van der Waals surface area contributed by atoms with Gasteiger partial charge in [-0.05, 0) is 56.6 Å². The van der Waals surface area contributed by atoms with Crippen molar-refractivity contribution in [2.75, 3.05) is 18.6 Å². The molecule has 0 saturated heterocycles. The Balaban J connectivity index is 5.48. The quantitative estimate of drug-likeness (QED) is 0.110. The minimum atomic E-state index is -1.21. The SMILES string of the molecule is CSCCC(NC(=O)C(N)CC(N)=O)C(=O)NC(CCCCN)C(=O)NC(CC(C)C)C(=O)O. The van der Waals surface area contributed by atoms with E-state index < -0.39 is 53.8 Å². The molecule has 0 aromatic rings. The Labute approximate surface area is 204 Å². The first-order chi connectivity index (χ1) is 15.9. The molecule has 34 heavy (non-hydrogen) atoms. The van der Waals surface area contributed by atoms with E-state index in [0.717, 1.165) is 0 Å². The fourth-order valence-corrected chi connectivity index (χ4v) is 3.56. The zero-order valence-electron chi connectivity index (χ0n) is 20.2. The number of hydrogen-bond acceptors (Lipinski definition) is 8. The summed E-state index contributed by atoms with van der Waals surface area (Å²) in [4.78, 5) is 60.8. The maximum absolute atomic E-state index is 13.0. The molecule has 4 amide bonds. The van der Waals surface area contributed by atoms with Crippen LogP contribution in [0.25, 0.3) is 0 Å². The predicted octanol–water partition coefficient (Wildman–Crippen LogP) is -1.34. The average Bonchev–Trinajstić information content (AvgIpc) is 2.74. The smallest absolute Gasteiger partial charge is 0.326 e. The monoisotopic (exact) mass is 504 g/mol. The minimum Gasteiger partial charge on any atom is -0.480 e. The number of carboxylic acid groups (broad SMARTS) is 1. The summed E-state index contributed by atoms with van der Waals surface area (Å²) in [7, 11) is 0. The van der Waals surface area contributed by atoms with Crippen LogP contribution < -0.4 is 33.2 Å². The van der Waals surface area contributed by atoms with Gasteiger partial charge in [-0.25, -0.2) is 4.79 Å². The van der Waals surface area contributed by atoms with Crippen molar-refractivity contribution in [1.82, 2.24) is 16.0 Å². The minimum absolute atomic E-state index is 0.0300. The molecule has 0 aliphatic heterocycles. The van der Waals surface area contributed by atoms with E-state index in [0.29, 0.717) is 25.1 Å². The van der Waals surface area contributed by atoms with Gasteiger partial charge in [0.15, 0.2) is 0 Å². The van der Waals surface area contributed by atoms with Gasteiger partial charge in [0.25, 0.3) is 0 Å². The van der Waals surface area contributed by atoms with Crippen molar-refractivity contribution in [2.45, 2.75) is 76.5 Å². The summed E-state index contributed by atoms with van der Waals surface area (Å²) < 4.78 is 0. The molecular weight excluding hydrogens is 464 g/mol. The normalized spacial score (nSPS) is 14.5. The largest absolute Gasteiger partial charge is 0.480 e. The number of amides is 4. The number of carbonyl (C=O) groups is 5. The highest BCUT2D eigenvalue weighted by Gasteiger charge is 2.30. The van der Waals surface area contributed by atoms with E-state index in [-0.39, 0.29) is 31.6 Å². The van der Waals surface area contributed by atoms with Crippen molar-refractivity contribution < 1.29 is 29.1 Å². The summed E-state index contributed by atoms with van der Waals surface area (Å²) in [6.07, 6.45) is 3.33. The van der Waals surface area contributed by atoms with Crippen LogP contribution in [-0.4, -0.2) is 77.4 Å². The number of rotatable bonds is 18. The molecule has 0 aliphatic rings. The second-order valence-electron chi connectivity index (χ2n) is 8.49. The van der Waals surface area contributed by atoms with Gasteiger partial charge >= 0.3 is 5.97 Å². The summed E-state index contributed by atoms with van der Waals surface area (Å²) in [5.41, 5.74) is 16.3. The molecule has 4 unspecified atom stereocenters. The maximum atomic E-state index is 13.0. The van der Waals surface area contributed by atoms with E-state index >= 15 is 0 Å². The lowest BCUT2D eigenvalue weighted by molar-refractivity contribution is -0.142. The molecular formula is C21H40N6O6S. The lowest BCUT2D eigenvalue weighted by Gasteiger charge is -2.25. The van der Waals surface area contributed by atoms with Crippen molar-refractivity contribution in [3.8, 4) is 0 Å². The molecule has 0 aromatic heterocycles. The number of aliphatic carboxylic acids is 1. The highest BCUT2D eigenvalue weighted by Crippen LogP contribution is 2.09. The van der Waals surface area contributed by atoms with Crippen molar-refractivity contribution in [3.63, 3.8) is 0 Å². The Morgan fingerprint density at radius 2 is 1.41 bits per heavy atom. The molecule has 0 fully saturated rings. The number of nitrogens with one attached hydrogen (secondary N) is 3. The van der Waals surface area contributed by atoms with Crippen LogP contribution in [0, 0.1) is 5.92 Å². The fraction of sp³-hybridized carbons (Fsp3) is 0.762. The molecule has 0 aromatic carbocycles. The molecule has 0 bridgehead atoms. The number of carboxylic acids is 1. The summed E-state index contributed by atoms with van der Waals surface area (Å²) >= 11 is 1.46. The Kier molecular flexibility index (Phi) is 15.9. The van der Waals surface area contributed by atoms with Crippen molar-refractivity contribution in [1.29, 1.82) is 0 Å². The van der Waals surface area contributed by atoms with E-state index in [1.807, 2.05) is 20.1 Å². The predicted molar refractivity (Wildman–Crippen MR) is 131 cm³/mol. The zero-order chi connectivity index (χ0) is 26.3. The summed E-state index contributed by atoms with van der Waals surface area (Å²) in [5, 5.41) is 17.1. The van der Waals surface area contributed by atoms with Gasteiger partial charge in [-0.3, -0.25) is 19.2 Å². The maximum Gasteiger partial charge on any atom is 0.326 e. The highest BCUT2D eigenvalue weighted by atomic mass is 32.2. The summed E-state index contributed by atoms with van der Waals surface area (Å²) in [5.74, 6) is -3.31. The molecule has 13 heteroatoms. The van der Waals surface area contributed by atoms with E-state index in [9.17, 15) is 29.1 Å². The molecule has 0 aliphatic carbocycles. The van der Waals surface area contributed by atoms with E-state index in [4.69, 9.17) is 17.2 Å². The van der Waals surface area contributed by atoms with Gasteiger partial charge in [0.1, 0.15) is 18.1 Å². The lowest BCUT2D eigenvalue weighted by atomic mass is 10.0. The topological polar surface area (TPSA) is 220 Å². The first-order valence-electron chi connectivity index (χ1n) is 11.3. The molecule has 0 rings (SSSR count). The van der Waals surface area contributed by atoms with Gasteiger partial charge in [0.05, 0.1) is 12.5 Å². The third-order valence-electron chi connectivity index (χ3n) is 4.90. The van der Waals surface area contributed by atoms with Crippen LogP contribution in [0.3, 0.4) is 0 Å². The number of carbonyl (C=O) groups excluding carboxylic acids is 4. The van der Waals surface area contributed by atoms with Gasteiger partial charge < -0.3 is 38.3 Å². The first kappa shape index (κ1) is 31.6. The van der Waals surface area contributed by atoms with Gasteiger partial charge in [0, 0.05) is 0 Å². The van der Waals surface area contributed by atoms with Crippen LogP contribution in [0.5, 0.6) is 0 Å². The molecule has 0 saturated carbocycles. The second-order valence-corrected chi connectivity index (χ2v) is 9.48. The average molecular weight is 505 g/mol. The Morgan fingerprint density at radius 1 is 0.882 bits per heavy atom. The van der Waals surface area contributed by atoms with Crippen LogP contribution in [0.1, 0.15) is 52.4 Å². The van der Waals surface area contributed by atoms with Gasteiger partial charge in [-0.2, -0.15) is 11.8 Å². The van der Waals surface area contributed by atoms with Crippen LogP contribution in [0.2, 0.25) is 0 Å². The molecule has 12 nitrogen and oxygen atoms in total. The number of unbranched alkanes of at least 4 members (excludes halogenated alkanes) is 1. The third kappa shape index (κ3) is 13.4. The van der Waals surface area contributed by atoms with Crippen molar-refractivity contribution in [2.24, 2.45) is 23.1 Å². The van der Waals surface area contributed by atoms with Crippen molar-refractivity contribution >= 4 is 41.4 Å². The van der Waals surface area contributed by atoms with E-state index in [1.54, 1.807) is 0 Å². The van der Waals surface area contributed by atoms with E-state index in [1.165, 1.54) is 11.8 Å². The lowest BCUT2D eigenvalue weighted by Crippen LogP contribution is -2.57. The second kappa shape index (κ2) is 17.1. The molecule has 10 N–H and O–H groups in total. The summed E-state index contributed by atoms with van der Waals surface area (Å²) in [6, 6.07) is -4.33. The molecule has 0 spiro atoms. The summed E-state index contributed by atoms with van der Waals surface area (Å²) in [6.45, 7) is 4.08. The number of hydrogen-bond donors (Lipinski definition) is 7. The van der Waals surface area contributed by atoms with Crippen LogP contribution >= 0.6 is 11.8 Å². The van der Waals surface area contributed by atoms with Crippen molar-refractivity contribution in [3.05, 3.63) is 0 Å². The van der Waals surface area contributed by atoms with Gasteiger partial charge in [-0.1, -0.05) is 13.8 Å². The third-order valence-corrected chi connectivity index (χ3v) is 5.55. The Bertz CT molecular complexity index is 693. The van der Waals surface area contributed by atoms with Crippen LogP contribution in [0.4, 0.5) is 0 Å². The zero-order valence-corrected chi connectivity index (χ0v) is 21.0. The molecule has 0 radical (unpaired) electrons. The van der Waals surface area contributed by atoms with Crippen LogP contribution in [0.15, 0.2) is 0 Å². The first-order valence-corrected chi connectivity index (χ1v) is 12.7. The van der Waals surface area contributed by atoms with Crippen LogP contribution in [-0.2, 0) is 24.0 Å². The standard InChI is InChI=1S/C21H40N6O6S/c1-12(2)10-16(21(32)33)27-19(30)14(6-4-5-8-22)26-20(31)15(7-9-34-3)25-18(29)13(23)11-17(24)28/h12-16H,4-11,22-23H2,1-3H3,(H2,24,28)(H,25,29)(H,26,31)(H,27,30)(H,32,33).